The topological polar surface area (TPSA) is 75.5 Å². The molecule has 2 heterocycles. The van der Waals surface area contributed by atoms with Crippen LogP contribution in [-0.2, 0) is 4.74 Å². The first-order valence-electron chi connectivity index (χ1n) is 6.01. The van der Waals surface area contributed by atoms with Crippen LogP contribution >= 0.6 is 0 Å². The van der Waals surface area contributed by atoms with E-state index in [1.54, 1.807) is 6.20 Å². The third kappa shape index (κ3) is 3.16. The number of ether oxygens (including phenoxy) is 1. The smallest absolute Gasteiger partial charge is 0.356 e. The van der Waals surface area contributed by atoms with Gasteiger partial charge in [-0.2, -0.15) is 0 Å². The van der Waals surface area contributed by atoms with Crippen molar-refractivity contribution >= 4 is 11.8 Å². The largest absolute Gasteiger partial charge is 0.476 e. The fraction of sp³-hybridized carbons (Fsp3) is 0.583. The summed E-state index contributed by atoms with van der Waals surface area (Å²) in [6.45, 7) is 2.41. The van der Waals surface area contributed by atoms with E-state index in [1.165, 1.54) is 6.20 Å². The molecule has 1 saturated heterocycles. The number of carboxylic acids is 1. The van der Waals surface area contributed by atoms with Crippen LogP contribution in [0.5, 0.6) is 0 Å². The molecule has 0 amide bonds. The van der Waals surface area contributed by atoms with Crippen molar-refractivity contribution in [2.24, 2.45) is 5.92 Å². The Balaban J connectivity index is 2.01. The second kappa shape index (κ2) is 5.77. The SMILES string of the molecule is CN(CC1CCCOC1)c1cncc(C(=O)O)n1. The minimum atomic E-state index is -1.06. The van der Waals surface area contributed by atoms with E-state index in [-0.39, 0.29) is 5.69 Å². The number of aromatic nitrogens is 2. The van der Waals surface area contributed by atoms with Gasteiger partial charge in [-0.3, -0.25) is 4.98 Å². The average molecular weight is 251 g/mol. The Hall–Kier alpha value is -1.69. The number of hydrogen-bond donors (Lipinski definition) is 1. The molecule has 1 aliphatic heterocycles. The predicted octanol–water partition coefficient (Wildman–Crippen LogP) is 1.04. The highest BCUT2D eigenvalue weighted by Gasteiger charge is 2.17. The molecule has 0 radical (unpaired) electrons. The fourth-order valence-corrected chi connectivity index (χ4v) is 2.07. The van der Waals surface area contributed by atoms with Crippen LogP contribution < -0.4 is 4.90 Å². The van der Waals surface area contributed by atoms with E-state index in [0.717, 1.165) is 32.6 Å². The Bertz CT molecular complexity index is 419. The van der Waals surface area contributed by atoms with Gasteiger partial charge in [-0.05, 0) is 18.8 Å². The van der Waals surface area contributed by atoms with Crippen molar-refractivity contribution < 1.29 is 14.6 Å². The first kappa shape index (κ1) is 12.8. The van der Waals surface area contributed by atoms with Crippen LogP contribution in [-0.4, -0.2) is 47.8 Å². The van der Waals surface area contributed by atoms with Crippen molar-refractivity contribution in [2.45, 2.75) is 12.8 Å². The van der Waals surface area contributed by atoms with E-state index in [1.807, 2.05) is 11.9 Å². The molecular formula is C12H17N3O3. The van der Waals surface area contributed by atoms with Crippen molar-refractivity contribution in [3.8, 4) is 0 Å². The Labute approximate surface area is 106 Å². The maximum absolute atomic E-state index is 10.8. The Kier molecular flexibility index (Phi) is 4.09. The minimum absolute atomic E-state index is 0.0285. The van der Waals surface area contributed by atoms with Crippen molar-refractivity contribution in [3.05, 3.63) is 18.1 Å². The third-order valence-corrected chi connectivity index (χ3v) is 3.02. The molecule has 6 nitrogen and oxygen atoms in total. The number of anilines is 1. The Morgan fingerprint density at radius 2 is 2.44 bits per heavy atom. The molecule has 2 rings (SSSR count). The van der Waals surface area contributed by atoms with Crippen LogP contribution in [0.25, 0.3) is 0 Å². The zero-order chi connectivity index (χ0) is 13.0. The van der Waals surface area contributed by atoms with Crippen LogP contribution in [0.15, 0.2) is 12.4 Å². The summed E-state index contributed by atoms with van der Waals surface area (Å²) in [5.41, 5.74) is -0.0285. The zero-order valence-corrected chi connectivity index (χ0v) is 10.4. The number of rotatable bonds is 4. The predicted molar refractivity (Wildman–Crippen MR) is 65.8 cm³/mol. The highest BCUT2D eigenvalue weighted by atomic mass is 16.5. The second-order valence-electron chi connectivity index (χ2n) is 4.53. The van der Waals surface area contributed by atoms with Gasteiger partial charge < -0.3 is 14.7 Å². The normalized spacial score (nSPS) is 19.5. The number of hydrogen-bond acceptors (Lipinski definition) is 5. The molecule has 0 saturated carbocycles. The van der Waals surface area contributed by atoms with Crippen LogP contribution in [0.3, 0.4) is 0 Å². The van der Waals surface area contributed by atoms with Gasteiger partial charge in [0.1, 0.15) is 5.82 Å². The lowest BCUT2D eigenvalue weighted by Crippen LogP contribution is -2.31. The lowest BCUT2D eigenvalue weighted by Gasteiger charge is -2.27. The van der Waals surface area contributed by atoms with E-state index in [4.69, 9.17) is 9.84 Å². The highest BCUT2D eigenvalue weighted by Crippen LogP contribution is 2.17. The van der Waals surface area contributed by atoms with Gasteiger partial charge in [0.05, 0.1) is 19.0 Å². The fourth-order valence-electron chi connectivity index (χ4n) is 2.07. The van der Waals surface area contributed by atoms with Crippen molar-refractivity contribution in [1.82, 2.24) is 9.97 Å². The summed E-state index contributed by atoms with van der Waals surface area (Å²) in [5.74, 6) is -0.00161. The molecule has 0 aliphatic carbocycles. The van der Waals surface area contributed by atoms with E-state index >= 15 is 0 Å². The number of nitrogens with zero attached hydrogens (tertiary/aromatic N) is 3. The van der Waals surface area contributed by atoms with Gasteiger partial charge in [0.15, 0.2) is 5.69 Å². The van der Waals surface area contributed by atoms with Gasteiger partial charge in [-0.15, -0.1) is 0 Å². The quantitative estimate of drug-likeness (QED) is 0.861. The van der Waals surface area contributed by atoms with Crippen LogP contribution in [0, 0.1) is 5.92 Å². The van der Waals surface area contributed by atoms with Gasteiger partial charge in [0.25, 0.3) is 0 Å². The number of carboxylic acid groups (broad SMARTS) is 1. The molecule has 1 atom stereocenters. The Morgan fingerprint density at radius 3 is 3.11 bits per heavy atom. The molecule has 1 unspecified atom stereocenters. The molecule has 1 N–H and O–H groups in total. The van der Waals surface area contributed by atoms with Gasteiger partial charge in [0, 0.05) is 20.2 Å². The molecule has 1 aliphatic rings. The van der Waals surface area contributed by atoms with E-state index < -0.39 is 5.97 Å². The summed E-state index contributed by atoms with van der Waals surface area (Å²) in [7, 11) is 1.89. The van der Waals surface area contributed by atoms with E-state index in [0.29, 0.717) is 11.7 Å². The maximum Gasteiger partial charge on any atom is 0.356 e. The molecule has 0 spiro atoms. The number of aromatic carboxylic acids is 1. The molecule has 0 aromatic carbocycles. The van der Waals surface area contributed by atoms with Gasteiger partial charge in [-0.1, -0.05) is 0 Å². The lowest BCUT2D eigenvalue weighted by molar-refractivity contribution is 0.0575. The highest BCUT2D eigenvalue weighted by molar-refractivity contribution is 5.85. The summed E-state index contributed by atoms with van der Waals surface area (Å²) in [4.78, 5) is 20.7. The van der Waals surface area contributed by atoms with Crippen molar-refractivity contribution in [1.29, 1.82) is 0 Å². The van der Waals surface area contributed by atoms with E-state index in [9.17, 15) is 4.79 Å². The second-order valence-corrected chi connectivity index (χ2v) is 4.53. The molecule has 18 heavy (non-hydrogen) atoms. The number of carbonyl (C=O) groups is 1. The summed E-state index contributed by atoms with van der Waals surface area (Å²) >= 11 is 0. The molecule has 98 valence electrons. The first-order chi connectivity index (χ1) is 8.66. The van der Waals surface area contributed by atoms with Gasteiger partial charge >= 0.3 is 5.97 Å². The van der Waals surface area contributed by atoms with Gasteiger partial charge in [0.2, 0.25) is 0 Å². The summed E-state index contributed by atoms with van der Waals surface area (Å²) < 4.78 is 5.42. The molecule has 0 bridgehead atoms. The summed E-state index contributed by atoms with van der Waals surface area (Å²) in [5, 5.41) is 8.87. The minimum Gasteiger partial charge on any atom is -0.476 e. The van der Waals surface area contributed by atoms with Crippen LogP contribution in [0.2, 0.25) is 0 Å². The zero-order valence-electron chi connectivity index (χ0n) is 10.4. The maximum atomic E-state index is 10.8. The summed E-state index contributed by atoms with van der Waals surface area (Å²) in [6.07, 6.45) is 5.05. The summed E-state index contributed by atoms with van der Waals surface area (Å²) in [6, 6.07) is 0. The van der Waals surface area contributed by atoms with Crippen molar-refractivity contribution in [2.75, 3.05) is 31.7 Å². The molecular weight excluding hydrogens is 234 g/mol. The first-order valence-corrected chi connectivity index (χ1v) is 6.01. The van der Waals surface area contributed by atoms with Crippen LogP contribution in [0.1, 0.15) is 23.3 Å². The lowest BCUT2D eigenvalue weighted by atomic mass is 10.0. The molecule has 1 fully saturated rings. The van der Waals surface area contributed by atoms with E-state index in [2.05, 4.69) is 9.97 Å². The van der Waals surface area contributed by atoms with Crippen molar-refractivity contribution in [3.63, 3.8) is 0 Å². The third-order valence-electron chi connectivity index (χ3n) is 3.02. The standard InChI is InChI=1S/C12H17N3O3/c1-15(7-9-3-2-4-18-8-9)11-6-13-5-10(14-11)12(16)17/h5-6,9H,2-4,7-8H2,1H3,(H,16,17). The van der Waals surface area contributed by atoms with Crippen LogP contribution in [0.4, 0.5) is 5.82 Å². The molecule has 1 aromatic rings. The molecule has 1 aromatic heterocycles. The Morgan fingerprint density at radius 1 is 1.61 bits per heavy atom. The average Bonchev–Trinajstić information content (AvgIpc) is 2.40. The van der Waals surface area contributed by atoms with Gasteiger partial charge in [-0.25, -0.2) is 9.78 Å². The molecule has 6 heteroatoms. The monoisotopic (exact) mass is 251 g/mol.